The van der Waals surface area contributed by atoms with Crippen molar-refractivity contribution in [1.29, 1.82) is 0 Å². The van der Waals surface area contributed by atoms with E-state index in [1.807, 2.05) is 66.7 Å². The minimum Gasteiger partial charge on any atom is -0.456 e. The Morgan fingerprint density at radius 1 is 0.382 bits per heavy atom. The Balaban J connectivity index is 1.09. The number of benzene rings is 8. The van der Waals surface area contributed by atoms with Crippen molar-refractivity contribution in [1.82, 2.24) is 15.0 Å². The number of rotatable bonds is 6. The molecule has 3 heterocycles. The topological polar surface area (TPSA) is 68.2 Å². The summed E-state index contributed by atoms with van der Waals surface area (Å²) in [6.07, 6.45) is 0. The van der Waals surface area contributed by atoms with E-state index in [-0.39, 0.29) is 0 Å². The van der Waals surface area contributed by atoms with Gasteiger partial charge in [-0.15, -0.1) is 0 Å². The lowest BCUT2D eigenvalue weighted by molar-refractivity contribution is 0.667. The number of anilines is 3. The van der Waals surface area contributed by atoms with Crippen molar-refractivity contribution in [3.05, 3.63) is 182 Å². The molecule has 0 bridgehead atoms. The molecule has 6 nitrogen and oxygen atoms in total. The van der Waals surface area contributed by atoms with Crippen molar-refractivity contribution in [2.45, 2.75) is 0 Å². The Hall–Kier alpha value is -7.57. The van der Waals surface area contributed by atoms with Crippen molar-refractivity contribution in [2.75, 3.05) is 4.90 Å². The molecule has 11 aromatic rings. The van der Waals surface area contributed by atoms with Crippen LogP contribution in [0.25, 0.3) is 88.8 Å². The molecule has 0 unspecified atom stereocenters. The van der Waals surface area contributed by atoms with E-state index >= 15 is 0 Å². The summed E-state index contributed by atoms with van der Waals surface area (Å²) in [6.45, 7) is 0. The van der Waals surface area contributed by atoms with Gasteiger partial charge in [0.1, 0.15) is 16.7 Å². The first-order chi connectivity index (χ1) is 27.2. The molecule has 0 amide bonds. The number of fused-ring (bicyclic) bond motifs is 7. The van der Waals surface area contributed by atoms with Crippen molar-refractivity contribution in [2.24, 2.45) is 0 Å². The van der Waals surface area contributed by atoms with Gasteiger partial charge in [-0.2, -0.15) is 0 Å². The predicted molar refractivity (Wildman–Crippen MR) is 223 cm³/mol. The molecule has 11 rings (SSSR count). The zero-order valence-electron chi connectivity index (χ0n) is 29.4. The van der Waals surface area contributed by atoms with Crippen LogP contribution in [0, 0.1) is 0 Å². The molecular formula is C49H30N4O2. The highest BCUT2D eigenvalue weighted by atomic mass is 16.3. The number of furan rings is 2. The number of hydrogen-bond donors (Lipinski definition) is 0. The van der Waals surface area contributed by atoms with Gasteiger partial charge in [-0.1, -0.05) is 127 Å². The Kier molecular flexibility index (Phi) is 7.07. The second kappa shape index (κ2) is 12.5. The predicted octanol–water partition coefficient (Wildman–Crippen LogP) is 13.3. The molecule has 0 atom stereocenters. The van der Waals surface area contributed by atoms with E-state index in [0.29, 0.717) is 17.5 Å². The summed E-state index contributed by atoms with van der Waals surface area (Å²) in [6, 6.07) is 62.1. The maximum atomic E-state index is 6.67. The third kappa shape index (κ3) is 5.23. The summed E-state index contributed by atoms with van der Waals surface area (Å²) in [5.74, 6) is 1.80. The molecule has 0 spiro atoms. The molecule has 0 aliphatic heterocycles. The third-order valence-corrected chi connectivity index (χ3v) is 10.3. The summed E-state index contributed by atoms with van der Waals surface area (Å²) >= 11 is 0. The molecule has 3 aromatic heterocycles. The number of nitrogens with zero attached hydrogens (tertiary/aromatic N) is 4. The molecule has 0 saturated heterocycles. The van der Waals surface area contributed by atoms with Gasteiger partial charge in [0.25, 0.3) is 0 Å². The fourth-order valence-electron chi connectivity index (χ4n) is 7.72. The number of hydrogen-bond acceptors (Lipinski definition) is 6. The maximum absolute atomic E-state index is 6.67. The standard InChI is InChI=1S/C49H30N4O2/c1-3-14-32(15-4-1)47-50-48(34-26-25-31-13-7-8-16-33(31)29-34)52-49(51-47)40-21-12-24-43-45(40)39-28-27-36(30-44(39)54-43)53(35-17-5-2-6-18-35)41-22-11-20-38-37-19-9-10-23-42(37)55-46(38)41/h1-30H. The summed E-state index contributed by atoms with van der Waals surface area (Å²) < 4.78 is 13.2. The average molecular weight is 707 g/mol. The zero-order valence-corrected chi connectivity index (χ0v) is 29.4. The summed E-state index contributed by atoms with van der Waals surface area (Å²) in [7, 11) is 0. The first-order valence-electron chi connectivity index (χ1n) is 18.3. The van der Waals surface area contributed by atoms with E-state index < -0.39 is 0 Å². The van der Waals surface area contributed by atoms with Gasteiger partial charge in [0.15, 0.2) is 23.1 Å². The normalized spacial score (nSPS) is 11.6. The van der Waals surface area contributed by atoms with Crippen LogP contribution in [-0.2, 0) is 0 Å². The van der Waals surface area contributed by atoms with Crippen LogP contribution >= 0.6 is 0 Å². The number of para-hydroxylation sites is 3. The minimum absolute atomic E-state index is 0.580. The molecule has 0 N–H and O–H groups in total. The van der Waals surface area contributed by atoms with Gasteiger partial charge >= 0.3 is 0 Å². The highest BCUT2D eigenvalue weighted by Crippen LogP contribution is 2.44. The largest absolute Gasteiger partial charge is 0.456 e. The van der Waals surface area contributed by atoms with Crippen molar-refractivity contribution < 1.29 is 8.83 Å². The molecule has 0 saturated carbocycles. The first kappa shape index (κ1) is 31.0. The molecule has 8 aromatic carbocycles. The SMILES string of the molecule is c1ccc(-c2nc(-c3ccc4ccccc4c3)nc(-c3cccc4oc5cc(N(c6ccccc6)c6cccc7c6oc6ccccc67)ccc5c34)n2)cc1. The molecule has 0 aliphatic rings. The molecular weight excluding hydrogens is 677 g/mol. The van der Waals surface area contributed by atoms with E-state index in [2.05, 4.69) is 120 Å². The van der Waals surface area contributed by atoms with Gasteiger partial charge in [0, 0.05) is 50.0 Å². The summed E-state index contributed by atoms with van der Waals surface area (Å²) in [5, 5.41) is 6.37. The maximum Gasteiger partial charge on any atom is 0.164 e. The van der Waals surface area contributed by atoms with Crippen LogP contribution in [0.3, 0.4) is 0 Å². The lowest BCUT2D eigenvalue weighted by Gasteiger charge is -2.25. The highest BCUT2D eigenvalue weighted by molar-refractivity contribution is 6.14. The molecule has 0 radical (unpaired) electrons. The third-order valence-electron chi connectivity index (χ3n) is 10.3. The molecule has 6 heteroatoms. The van der Waals surface area contributed by atoms with E-state index in [9.17, 15) is 0 Å². The van der Waals surface area contributed by atoms with Gasteiger partial charge in [-0.3, -0.25) is 0 Å². The van der Waals surface area contributed by atoms with E-state index in [4.69, 9.17) is 23.8 Å². The smallest absolute Gasteiger partial charge is 0.164 e. The fourth-order valence-corrected chi connectivity index (χ4v) is 7.72. The van der Waals surface area contributed by atoms with Crippen molar-refractivity contribution in [3.8, 4) is 34.2 Å². The first-order valence-corrected chi connectivity index (χ1v) is 18.3. The summed E-state index contributed by atoms with van der Waals surface area (Å²) in [4.78, 5) is 17.4. The van der Waals surface area contributed by atoms with Gasteiger partial charge < -0.3 is 13.7 Å². The van der Waals surface area contributed by atoms with Crippen LogP contribution in [0.1, 0.15) is 0 Å². The van der Waals surface area contributed by atoms with E-state index in [0.717, 1.165) is 88.4 Å². The quantitative estimate of drug-likeness (QED) is 0.171. The fraction of sp³-hybridized carbons (Fsp3) is 0. The summed E-state index contributed by atoms with van der Waals surface area (Å²) in [5.41, 5.74) is 8.80. The molecule has 0 aliphatic carbocycles. The van der Waals surface area contributed by atoms with Gasteiger partial charge in [-0.05, 0) is 59.3 Å². The average Bonchev–Trinajstić information content (AvgIpc) is 3.83. The van der Waals surface area contributed by atoms with Crippen LogP contribution in [0.15, 0.2) is 191 Å². The lowest BCUT2D eigenvalue weighted by Crippen LogP contribution is -2.10. The lowest BCUT2D eigenvalue weighted by atomic mass is 10.0. The van der Waals surface area contributed by atoms with Crippen LogP contribution in [0.2, 0.25) is 0 Å². The molecule has 0 fully saturated rings. The monoisotopic (exact) mass is 706 g/mol. The van der Waals surface area contributed by atoms with E-state index in [1.54, 1.807) is 0 Å². The molecule has 258 valence electrons. The van der Waals surface area contributed by atoms with Crippen LogP contribution < -0.4 is 4.90 Å². The van der Waals surface area contributed by atoms with E-state index in [1.165, 1.54) is 0 Å². The minimum atomic E-state index is 0.580. The Morgan fingerprint density at radius 3 is 1.95 bits per heavy atom. The van der Waals surface area contributed by atoms with Gasteiger partial charge in [0.2, 0.25) is 0 Å². The Morgan fingerprint density at radius 2 is 1.07 bits per heavy atom. The van der Waals surface area contributed by atoms with Crippen LogP contribution in [0.5, 0.6) is 0 Å². The Bertz CT molecular complexity index is 3220. The van der Waals surface area contributed by atoms with Gasteiger partial charge in [0.05, 0.1) is 11.4 Å². The number of aromatic nitrogens is 3. The highest BCUT2D eigenvalue weighted by Gasteiger charge is 2.22. The Labute approximate surface area is 315 Å². The van der Waals surface area contributed by atoms with Crippen LogP contribution in [-0.4, -0.2) is 15.0 Å². The van der Waals surface area contributed by atoms with Crippen molar-refractivity contribution >= 4 is 71.7 Å². The van der Waals surface area contributed by atoms with Gasteiger partial charge in [-0.25, -0.2) is 15.0 Å². The van der Waals surface area contributed by atoms with Crippen molar-refractivity contribution in [3.63, 3.8) is 0 Å². The van der Waals surface area contributed by atoms with Crippen LogP contribution in [0.4, 0.5) is 17.1 Å². The second-order valence-electron chi connectivity index (χ2n) is 13.6. The zero-order chi connectivity index (χ0) is 36.3. The second-order valence-corrected chi connectivity index (χ2v) is 13.6. The molecule has 55 heavy (non-hydrogen) atoms.